The van der Waals surface area contributed by atoms with Crippen molar-refractivity contribution >= 4 is 41.4 Å². The highest BCUT2D eigenvalue weighted by molar-refractivity contribution is 5.77. The molecule has 1 heterocycles. The van der Waals surface area contributed by atoms with Crippen LogP contribution in [0.3, 0.4) is 0 Å². The maximum Gasteiger partial charge on any atom is 0.514 e. The van der Waals surface area contributed by atoms with E-state index in [1.54, 1.807) is 0 Å². The molecule has 2 aromatic rings. The second-order valence-electron chi connectivity index (χ2n) is 9.89. The Balaban J connectivity index is 1.97. The van der Waals surface area contributed by atoms with E-state index in [0.29, 0.717) is 0 Å². The predicted octanol–water partition coefficient (Wildman–Crippen LogP) is 2.85. The molecule has 0 saturated carbocycles. The van der Waals surface area contributed by atoms with Crippen molar-refractivity contribution in [2.75, 3.05) is 7.11 Å². The fourth-order valence-corrected chi connectivity index (χ4v) is 4.48. The Labute approximate surface area is 276 Å². The SMILES string of the molecule is C#CCC(OC(=O)Oc1ccc([N+](=O)[O-])cc1)c1ccc(O[C@@H]2O[C@H](C(=O)OC)[C@@H](OC(C)=O)[C@H](OC(C)=O)[C@H]2OC(C)=O)c([N+](=O)[O-])c1. The van der Waals surface area contributed by atoms with Crippen LogP contribution < -0.4 is 9.47 Å². The van der Waals surface area contributed by atoms with Gasteiger partial charge in [-0.25, -0.2) is 9.59 Å². The van der Waals surface area contributed by atoms with Crippen LogP contribution in [-0.2, 0) is 47.6 Å². The zero-order valence-electron chi connectivity index (χ0n) is 26.1. The molecule has 0 radical (unpaired) electrons. The van der Waals surface area contributed by atoms with E-state index in [-0.39, 0.29) is 23.4 Å². The lowest BCUT2D eigenvalue weighted by atomic mass is 9.97. The summed E-state index contributed by atoms with van der Waals surface area (Å²) in [5.41, 5.74) is -1.01. The van der Waals surface area contributed by atoms with Gasteiger partial charge in [-0.2, -0.15) is 0 Å². The summed E-state index contributed by atoms with van der Waals surface area (Å²) < 4.78 is 42.1. The van der Waals surface area contributed by atoms with Crippen LogP contribution >= 0.6 is 0 Å². The Hall–Kier alpha value is -6.29. The predicted molar refractivity (Wildman–Crippen MR) is 157 cm³/mol. The van der Waals surface area contributed by atoms with E-state index in [9.17, 15) is 44.2 Å². The van der Waals surface area contributed by atoms with Gasteiger partial charge in [0.1, 0.15) is 11.9 Å². The topological polar surface area (TPSA) is 245 Å². The molecule has 19 heteroatoms. The maximum atomic E-state index is 12.7. The lowest BCUT2D eigenvalue weighted by molar-refractivity contribution is -0.387. The number of carbonyl (C=O) groups is 5. The quantitative estimate of drug-likeness (QED) is 0.0776. The Kier molecular flexibility index (Phi) is 12.5. The van der Waals surface area contributed by atoms with Gasteiger partial charge >= 0.3 is 35.7 Å². The number of nitrogens with zero attached hydrogens (tertiary/aromatic N) is 2. The molecule has 2 aromatic carbocycles. The van der Waals surface area contributed by atoms with Crippen molar-refractivity contribution < 1.29 is 71.7 Å². The molecule has 1 saturated heterocycles. The molecule has 260 valence electrons. The van der Waals surface area contributed by atoms with E-state index >= 15 is 0 Å². The van der Waals surface area contributed by atoms with Crippen molar-refractivity contribution in [2.24, 2.45) is 0 Å². The fourth-order valence-electron chi connectivity index (χ4n) is 4.48. The summed E-state index contributed by atoms with van der Waals surface area (Å²) in [6.07, 6.45) is -6.36. The zero-order valence-corrected chi connectivity index (χ0v) is 26.1. The smallest absolute Gasteiger partial charge is 0.467 e. The van der Waals surface area contributed by atoms with Crippen molar-refractivity contribution in [1.82, 2.24) is 0 Å². The third kappa shape index (κ3) is 9.85. The first-order valence-electron chi connectivity index (χ1n) is 13.9. The standard InChI is InChI=1S/C30H28N2O17/c1-6-7-22(48-30(37)46-20-11-9-19(10-12-20)31(38)39)18-8-13-23(21(14-18)32(40)41)47-29-27(45-17(4)35)25(44-16(3)34)24(43-15(2)33)26(49-29)28(36)42-5/h1,8-14,22,24-27,29H,7H2,2-5H3/t22?,24-,25-,26-,27+,29+/m0/s1. The molecule has 0 aliphatic carbocycles. The summed E-state index contributed by atoms with van der Waals surface area (Å²) in [5, 5.41) is 23.0. The fraction of sp³-hybridized carbons (Fsp3) is 0.367. The molecule has 1 aliphatic rings. The number of methoxy groups -OCH3 is 1. The molecule has 0 bridgehead atoms. The second kappa shape index (κ2) is 16.5. The molecule has 1 unspecified atom stereocenters. The summed E-state index contributed by atoms with van der Waals surface area (Å²) in [6.45, 7) is 2.94. The number of benzene rings is 2. The average molecular weight is 689 g/mol. The summed E-state index contributed by atoms with van der Waals surface area (Å²) in [7, 11) is 0.978. The van der Waals surface area contributed by atoms with Gasteiger partial charge < -0.3 is 37.9 Å². The van der Waals surface area contributed by atoms with Crippen molar-refractivity contribution in [3.63, 3.8) is 0 Å². The van der Waals surface area contributed by atoms with Crippen LogP contribution in [0.4, 0.5) is 16.2 Å². The molecule has 6 atom stereocenters. The molecule has 0 spiro atoms. The molecular weight excluding hydrogens is 660 g/mol. The highest BCUT2D eigenvalue weighted by Crippen LogP contribution is 2.37. The Morgan fingerprint density at radius 3 is 2.00 bits per heavy atom. The van der Waals surface area contributed by atoms with Crippen LogP contribution in [0.25, 0.3) is 0 Å². The van der Waals surface area contributed by atoms with E-state index in [2.05, 4.69) is 5.92 Å². The van der Waals surface area contributed by atoms with Gasteiger partial charge in [-0.3, -0.25) is 34.6 Å². The van der Waals surface area contributed by atoms with Gasteiger partial charge in [-0.05, 0) is 18.2 Å². The normalized spacial score (nSPS) is 20.3. The van der Waals surface area contributed by atoms with Gasteiger partial charge in [0.25, 0.3) is 5.69 Å². The monoisotopic (exact) mass is 688 g/mol. The van der Waals surface area contributed by atoms with Crippen LogP contribution in [-0.4, -0.2) is 77.7 Å². The number of nitro groups is 2. The zero-order chi connectivity index (χ0) is 36.4. The van der Waals surface area contributed by atoms with Gasteiger partial charge in [0.15, 0.2) is 24.1 Å². The highest BCUT2D eigenvalue weighted by atomic mass is 16.7. The lowest BCUT2D eigenvalue weighted by Crippen LogP contribution is -2.64. The maximum absolute atomic E-state index is 12.7. The number of non-ortho nitro benzene ring substituents is 1. The first-order chi connectivity index (χ1) is 23.1. The summed E-state index contributed by atoms with van der Waals surface area (Å²) in [6, 6.07) is 7.71. The van der Waals surface area contributed by atoms with Gasteiger partial charge in [-0.15, -0.1) is 12.3 Å². The summed E-state index contributed by atoms with van der Waals surface area (Å²) >= 11 is 0. The number of rotatable bonds is 12. The molecule has 0 N–H and O–H groups in total. The minimum atomic E-state index is -1.90. The van der Waals surface area contributed by atoms with Crippen LogP contribution in [0.1, 0.15) is 38.9 Å². The average Bonchev–Trinajstić information content (AvgIpc) is 3.02. The number of ether oxygens (including phenoxy) is 8. The number of carbonyl (C=O) groups excluding carboxylic acids is 5. The van der Waals surface area contributed by atoms with E-state index in [1.807, 2.05) is 0 Å². The summed E-state index contributed by atoms with van der Waals surface area (Å²) in [5.74, 6) is -2.34. The van der Waals surface area contributed by atoms with E-state index < -0.39 is 88.1 Å². The van der Waals surface area contributed by atoms with Crippen LogP contribution in [0.15, 0.2) is 42.5 Å². The third-order valence-corrected chi connectivity index (χ3v) is 6.42. The molecule has 19 nitrogen and oxygen atoms in total. The van der Waals surface area contributed by atoms with Crippen LogP contribution in [0.5, 0.6) is 11.5 Å². The third-order valence-electron chi connectivity index (χ3n) is 6.42. The number of nitro benzene ring substituents is 2. The van der Waals surface area contributed by atoms with E-state index in [1.165, 1.54) is 6.07 Å². The van der Waals surface area contributed by atoms with Crippen molar-refractivity contribution in [1.29, 1.82) is 0 Å². The Morgan fingerprint density at radius 1 is 0.878 bits per heavy atom. The molecular formula is C30H28N2O17. The minimum absolute atomic E-state index is 0.00102. The van der Waals surface area contributed by atoms with Gasteiger partial charge in [0, 0.05) is 44.5 Å². The molecule has 1 fully saturated rings. The first kappa shape index (κ1) is 37.2. The first-order valence-corrected chi connectivity index (χ1v) is 13.9. The van der Waals surface area contributed by atoms with Crippen molar-refractivity contribution in [3.8, 4) is 23.8 Å². The minimum Gasteiger partial charge on any atom is -0.467 e. The van der Waals surface area contributed by atoms with Crippen LogP contribution in [0, 0.1) is 32.6 Å². The molecule has 1 aliphatic heterocycles. The van der Waals surface area contributed by atoms with Gasteiger partial charge in [0.2, 0.25) is 12.4 Å². The molecule has 49 heavy (non-hydrogen) atoms. The number of hydrogen-bond donors (Lipinski definition) is 0. The number of esters is 4. The summed E-state index contributed by atoms with van der Waals surface area (Å²) in [4.78, 5) is 82.6. The molecule has 3 rings (SSSR count). The lowest BCUT2D eigenvalue weighted by Gasteiger charge is -2.42. The Morgan fingerprint density at radius 2 is 1.47 bits per heavy atom. The van der Waals surface area contributed by atoms with E-state index in [0.717, 1.165) is 64.3 Å². The molecule has 0 amide bonds. The number of hydrogen-bond acceptors (Lipinski definition) is 17. The largest absolute Gasteiger partial charge is 0.514 e. The van der Waals surface area contributed by atoms with Gasteiger partial charge in [0.05, 0.1) is 23.4 Å². The Bertz CT molecular complexity index is 1650. The second-order valence-corrected chi connectivity index (χ2v) is 9.89. The van der Waals surface area contributed by atoms with Crippen molar-refractivity contribution in [2.45, 2.75) is 64.0 Å². The number of terminal acetylenes is 1. The molecule has 0 aromatic heterocycles. The highest BCUT2D eigenvalue weighted by Gasteiger charge is 2.56. The van der Waals surface area contributed by atoms with Crippen LogP contribution in [0.2, 0.25) is 0 Å². The van der Waals surface area contributed by atoms with Crippen molar-refractivity contribution in [3.05, 3.63) is 68.3 Å². The van der Waals surface area contributed by atoms with E-state index in [4.69, 9.17) is 44.3 Å². The van der Waals surface area contributed by atoms with Gasteiger partial charge in [-0.1, -0.05) is 6.07 Å².